The molecule has 41 heavy (non-hydrogen) atoms. The molecule has 16 heteroatoms. The predicted molar refractivity (Wildman–Crippen MR) is 148 cm³/mol. The molecule has 14 nitrogen and oxygen atoms in total. The Bertz CT molecular complexity index is 1440. The minimum absolute atomic E-state index is 0.0796. The number of aliphatic hydroxyl groups is 1. The Morgan fingerprint density at radius 2 is 1.95 bits per heavy atom. The number of esters is 1. The Morgan fingerprint density at radius 3 is 2.59 bits per heavy atom. The molecule has 0 bridgehead atoms. The normalized spacial score (nSPS) is 26.6. The van der Waals surface area contributed by atoms with Crippen LogP contribution in [0, 0.1) is 0 Å². The third kappa shape index (κ3) is 6.28. The molecule has 0 spiro atoms. The summed E-state index contributed by atoms with van der Waals surface area (Å²) >= 11 is 0. The van der Waals surface area contributed by atoms with E-state index in [-0.39, 0.29) is 17.3 Å². The number of fused-ring (bicyclic) bond motifs is 1. The molecule has 3 heterocycles. The molecule has 1 saturated heterocycles. The summed E-state index contributed by atoms with van der Waals surface area (Å²) in [5.74, 6) is -0.258. The van der Waals surface area contributed by atoms with Crippen LogP contribution in [0.15, 0.2) is 36.7 Å². The highest BCUT2D eigenvalue weighted by Crippen LogP contribution is 2.51. The maximum atomic E-state index is 16.2. The van der Waals surface area contributed by atoms with Gasteiger partial charge in [0.1, 0.15) is 23.5 Å². The Labute approximate surface area is 236 Å². The van der Waals surface area contributed by atoms with Gasteiger partial charge in [0.05, 0.1) is 19.0 Å². The second kappa shape index (κ2) is 11.5. The molecule has 1 fully saturated rings. The molecular weight excluding hydrogens is 560 g/mol. The van der Waals surface area contributed by atoms with Gasteiger partial charge in [-0.05, 0) is 46.8 Å². The van der Waals surface area contributed by atoms with E-state index in [0.29, 0.717) is 11.3 Å². The number of rotatable bonds is 11. The number of hydrogen-bond donors (Lipinski definition) is 4. The Morgan fingerprint density at radius 1 is 1.27 bits per heavy atom. The minimum Gasteiger partial charge on any atom is -0.462 e. The van der Waals surface area contributed by atoms with E-state index in [2.05, 4.69) is 25.4 Å². The lowest BCUT2D eigenvalue weighted by molar-refractivity contribution is -0.149. The summed E-state index contributed by atoms with van der Waals surface area (Å²) in [6.45, 7) is 6.75. The maximum Gasteiger partial charge on any atom is 0.459 e. The van der Waals surface area contributed by atoms with Crippen molar-refractivity contribution in [3.05, 3.63) is 36.7 Å². The Kier molecular flexibility index (Phi) is 8.58. The molecule has 0 aliphatic carbocycles. The van der Waals surface area contributed by atoms with Crippen LogP contribution in [0.5, 0.6) is 5.75 Å². The number of hydrogen-bond acceptors (Lipinski definition) is 12. The van der Waals surface area contributed by atoms with Crippen LogP contribution in [-0.2, 0) is 23.4 Å². The topological polar surface area (TPSA) is 185 Å². The number of ether oxygens (including phenoxy) is 2. The van der Waals surface area contributed by atoms with Gasteiger partial charge >= 0.3 is 13.7 Å². The third-order valence-corrected chi connectivity index (χ3v) is 8.08. The number of nitrogens with zero attached hydrogens (tertiary/aromatic N) is 4. The minimum atomic E-state index is -4.32. The quantitative estimate of drug-likeness (QED) is 0.187. The van der Waals surface area contributed by atoms with E-state index >= 15 is 4.39 Å². The van der Waals surface area contributed by atoms with Gasteiger partial charge < -0.3 is 30.2 Å². The molecule has 1 aliphatic rings. The number of nitrogen functional groups attached to an aromatic ring is 1. The molecule has 6 atom stereocenters. The summed E-state index contributed by atoms with van der Waals surface area (Å²) in [5.41, 5.74) is 2.18. The van der Waals surface area contributed by atoms with Crippen molar-refractivity contribution in [1.29, 1.82) is 0 Å². The van der Waals surface area contributed by atoms with Crippen LogP contribution in [0.4, 0.5) is 16.2 Å². The largest absolute Gasteiger partial charge is 0.462 e. The molecule has 0 saturated carbocycles. The van der Waals surface area contributed by atoms with Crippen molar-refractivity contribution < 1.29 is 37.4 Å². The van der Waals surface area contributed by atoms with Gasteiger partial charge in [0.2, 0.25) is 5.95 Å². The van der Waals surface area contributed by atoms with Gasteiger partial charge in [0, 0.05) is 7.05 Å². The average molecular weight is 596 g/mol. The van der Waals surface area contributed by atoms with Crippen LogP contribution in [-0.4, -0.2) is 73.8 Å². The highest BCUT2D eigenvalue weighted by Gasteiger charge is 2.62. The van der Waals surface area contributed by atoms with E-state index in [1.165, 1.54) is 24.7 Å². The van der Waals surface area contributed by atoms with Crippen molar-refractivity contribution in [2.24, 2.45) is 0 Å². The van der Waals surface area contributed by atoms with E-state index in [1.54, 1.807) is 51.2 Å². The fraction of sp³-hybridized carbons (Fsp3) is 0.520. The number of carbonyl (C=O) groups is 1. The molecule has 3 aromatic rings. The van der Waals surface area contributed by atoms with Gasteiger partial charge in [0.15, 0.2) is 28.9 Å². The van der Waals surface area contributed by atoms with E-state index < -0.39 is 56.1 Å². The molecule has 2 aromatic heterocycles. The Balaban J connectivity index is 1.61. The zero-order valence-electron chi connectivity index (χ0n) is 23.6. The second-order valence-corrected chi connectivity index (χ2v) is 12.0. The SMILES string of the molecule is CNc1nc(N)nc2c1ncn2C1O[C@](C)(CO[P@@](=O)(N[C@@H](C)C(=O)OC(C)C)Oc2ccccc2)[C@@H](O)[C@@]1(C)F. The zero-order valence-corrected chi connectivity index (χ0v) is 24.5. The number of imidazole rings is 1. The van der Waals surface area contributed by atoms with Gasteiger partial charge in [0.25, 0.3) is 0 Å². The first-order chi connectivity index (χ1) is 19.2. The molecule has 0 amide bonds. The highest BCUT2D eigenvalue weighted by molar-refractivity contribution is 7.52. The number of nitrogens with two attached hydrogens (primary N) is 1. The van der Waals surface area contributed by atoms with Crippen LogP contribution in [0.25, 0.3) is 11.2 Å². The van der Waals surface area contributed by atoms with Crippen molar-refractivity contribution >= 4 is 36.6 Å². The van der Waals surface area contributed by atoms with Gasteiger partial charge in [-0.25, -0.2) is 13.9 Å². The molecule has 1 aliphatic heterocycles. The first-order valence-electron chi connectivity index (χ1n) is 12.9. The molecule has 4 rings (SSSR count). The average Bonchev–Trinajstić information content (AvgIpc) is 3.39. The van der Waals surface area contributed by atoms with Crippen LogP contribution >= 0.6 is 7.75 Å². The molecule has 0 radical (unpaired) electrons. The summed E-state index contributed by atoms with van der Waals surface area (Å²) < 4.78 is 54.0. The van der Waals surface area contributed by atoms with Gasteiger partial charge in [-0.1, -0.05) is 18.2 Å². The first kappa shape index (κ1) is 30.6. The van der Waals surface area contributed by atoms with E-state index in [0.717, 1.165) is 6.92 Å². The summed E-state index contributed by atoms with van der Waals surface area (Å²) in [5, 5.41) is 16.5. The number of anilines is 2. The number of benzene rings is 1. The summed E-state index contributed by atoms with van der Waals surface area (Å²) in [4.78, 5) is 24.9. The lowest BCUT2D eigenvalue weighted by Gasteiger charge is -2.31. The number of aromatic nitrogens is 4. The second-order valence-electron chi connectivity index (χ2n) is 10.4. The third-order valence-electron chi connectivity index (χ3n) is 6.45. The van der Waals surface area contributed by atoms with Crippen LogP contribution in [0.3, 0.4) is 0 Å². The fourth-order valence-electron chi connectivity index (χ4n) is 4.44. The predicted octanol–water partition coefficient (Wildman–Crippen LogP) is 2.96. The number of nitrogens with one attached hydrogen (secondary N) is 2. The molecular formula is C25H35FN7O7P. The standard InChI is InChI=1S/C25H35FN7O7P/c1-14(2)38-20(34)15(3)32-41(36,40-16-10-8-7-9-11-16)37-12-24(4)21(35)25(5,26)22(39-24)33-13-29-17-18(28-6)30-23(27)31-19(17)33/h7-11,13-15,21-22,35H,12H2,1-6H3,(H,32,36)(H3,27,28,30,31)/t15-,21+,22?,24+,25+,41-/m0/s1. The number of carbonyl (C=O) groups excluding carboxylic acids is 1. The van der Waals surface area contributed by atoms with Gasteiger partial charge in [-0.15, -0.1) is 0 Å². The molecule has 224 valence electrons. The number of aliphatic hydroxyl groups excluding tert-OH is 1. The molecule has 5 N–H and O–H groups in total. The highest BCUT2D eigenvalue weighted by atomic mass is 31.2. The number of halogens is 1. The van der Waals surface area contributed by atoms with Crippen molar-refractivity contribution in [3.63, 3.8) is 0 Å². The molecule has 1 unspecified atom stereocenters. The number of alkyl halides is 1. The summed E-state index contributed by atoms with van der Waals surface area (Å²) in [7, 11) is -2.70. The van der Waals surface area contributed by atoms with Crippen molar-refractivity contribution in [2.75, 3.05) is 24.7 Å². The van der Waals surface area contributed by atoms with Gasteiger partial charge in [-0.2, -0.15) is 15.1 Å². The van der Waals surface area contributed by atoms with Crippen molar-refractivity contribution in [2.45, 2.75) is 70.4 Å². The number of para-hydroxylation sites is 1. The maximum absolute atomic E-state index is 16.2. The fourth-order valence-corrected chi connectivity index (χ4v) is 6.02. The Hall–Kier alpha value is -3.36. The summed E-state index contributed by atoms with van der Waals surface area (Å²) in [6.07, 6.45) is -2.31. The zero-order chi connectivity index (χ0) is 30.2. The van der Waals surface area contributed by atoms with E-state index in [1.807, 2.05) is 0 Å². The van der Waals surface area contributed by atoms with Crippen molar-refractivity contribution in [3.8, 4) is 5.75 Å². The smallest absolute Gasteiger partial charge is 0.459 e. The van der Waals surface area contributed by atoms with E-state index in [4.69, 9.17) is 24.3 Å². The van der Waals surface area contributed by atoms with Crippen LogP contribution < -0.4 is 20.7 Å². The lowest BCUT2D eigenvalue weighted by atomic mass is 9.90. The monoisotopic (exact) mass is 595 g/mol. The van der Waals surface area contributed by atoms with Crippen LogP contribution in [0.1, 0.15) is 40.8 Å². The lowest BCUT2D eigenvalue weighted by Crippen LogP contribution is -2.48. The van der Waals surface area contributed by atoms with Crippen LogP contribution in [0.2, 0.25) is 0 Å². The van der Waals surface area contributed by atoms with Gasteiger partial charge in [-0.3, -0.25) is 13.9 Å². The van der Waals surface area contributed by atoms with Crippen molar-refractivity contribution in [1.82, 2.24) is 24.6 Å². The molecule has 1 aromatic carbocycles. The summed E-state index contributed by atoms with van der Waals surface area (Å²) in [6, 6.07) is 7.04. The first-order valence-corrected chi connectivity index (χ1v) is 14.4. The van der Waals surface area contributed by atoms with E-state index in [9.17, 15) is 14.5 Å².